The number of fused-ring (bicyclic) bond motifs is 1. The van der Waals surface area contributed by atoms with E-state index in [4.69, 9.17) is 14.1 Å². The highest BCUT2D eigenvalue weighted by molar-refractivity contribution is 6.05. The first-order chi connectivity index (χ1) is 14.2. The number of methoxy groups -OCH3 is 2. The van der Waals surface area contributed by atoms with Gasteiger partial charge in [0.1, 0.15) is 11.5 Å². The van der Waals surface area contributed by atoms with Crippen LogP contribution in [0.1, 0.15) is 43.0 Å². The molecule has 2 N–H and O–H groups in total. The molecule has 1 heterocycles. The molecule has 7 heteroatoms. The van der Waals surface area contributed by atoms with Gasteiger partial charge in [-0.1, -0.05) is 25.5 Å². The monoisotopic (exact) mass is 422 g/mol. The Labute approximate surface area is 177 Å². The first-order valence-electron chi connectivity index (χ1n) is 10.0. The van der Waals surface area contributed by atoms with Gasteiger partial charge in [-0.05, 0) is 50.6 Å². The highest BCUT2D eigenvalue weighted by Gasteiger charge is 2.25. The molecule has 0 aliphatic carbocycles. The van der Waals surface area contributed by atoms with Crippen molar-refractivity contribution in [2.45, 2.75) is 38.6 Å². The molecule has 0 bridgehead atoms. The molecule has 1 saturated heterocycles. The fourth-order valence-corrected chi connectivity index (χ4v) is 3.97. The van der Waals surface area contributed by atoms with E-state index in [1.165, 1.54) is 19.3 Å². The molecule has 1 atom stereocenters. The summed E-state index contributed by atoms with van der Waals surface area (Å²) in [5.41, 5.74) is 0.566. The van der Waals surface area contributed by atoms with Gasteiger partial charge < -0.3 is 14.8 Å². The van der Waals surface area contributed by atoms with Gasteiger partial charge in [0.2, 0.25) is 0 Å². The fourth-order valence-electron chi connectivity index (χ4n) is 3.97. The Hall–Kier alpha value is -2.02. The maximum atomic E-state index is 12.9. The lowest BCUT2D eigenvalue weighted by atomic mass is 10.0. The van der Waals surface area contributed by atoms with Gasteiger partial charge in [0.05, 0.1) is 31.6 Å². The topological polar surface area (TPSA) is 71.0 Å². The van der Waals surface area contributed by atoms with Crippen LogP contribution in [-0.4, -0.2) is 55.4 Å². The summed E-state index contributed by atoms with van der Waals surface area (Å²) >= 11 is 3.64. The minimum Gasteiger partial charge on any atom is -0.496 e. The maximum absolute atomic E-state index is 12.9. The van der Waals surface area contributed by atoms with Crippen LogP contribution in [0.15, 0.2) is 30.3 Å². The van der Waals surface area contributed by atoms with E-state index in [1.807, 2.05) is 30.3 Å². The molecular weight excluding hydrogens is 392 g/mol. The van der Waals surface area contributed by atoms with Gasteiger partial charge in [-0.15, -0.1) is 0 Å². The zero-order valence-electron chi connectivity index (χ0n) is 17.4. The molecular formula is C22H31ClN2O4. The van der Waals surface area contributed by atoms with Crippen molar-refractivity contribution < 1.29 is 18.9 Å². The Morgan fingerprint density at radius 3 is 2.69 bits per heavy atom. The maximum Gasteiger partial charge on any atom is 0.255 e. The molecule has 0 aromatic heterocycles. The van der Waals surface area contributed by atoms with Gasteiger partial charge >= 0.3 is 0 Å². The summed E-state index contributed by atoms with van der Waals surface area (Å²) in [5.74, 6) is 1.28. The van der Waals surface area contributed by atoms with Crippen LogP contribution in [0.3, 0.4) is 0 Å². The van der Waals surface area contributed by atoms with Crippen molar-refractivity contribution in [3.05, 3.63) is 35.9 Å². The standard InChI is InChI=1S/C22H30N2O3.ClHO/c1-4-5-13-24-14-7-8-16(24)15-23-22(25)19-12-11-17-18(21(19)27-3)9-6-10-20(17)26-2;1-2/h6,9-12,16H,4-5,7-8,13-15H2,1-3H3,(H,23,25);2H. The Morgan fingerprint density at radius 2 is 2.00 bits per heavy atom. The minimum atomic E-state index is -0.0843. The predicted octanol–water partition coefficient (Wildman–Crippen LogP) is 3.98. The van der Waals surface area contributed by atoms with E-state index in [-0.39, 0.29) is 5.91 Å². The Morgan fingerprint density at radius 1 is 1.21 bits per heavy atom. The largest absolute Gasteiger partial charge is 0.496 e. The molecule has 2 aromatic carbocycles. The summed E-state index contributed by atoms with van der Waals surface area (Å²) in [6.45, 7) is 5.16. The highest BCUT2D eigenvalue weighted by Crippen LogP contribution is 2.34. The summed E-state index contributed by atoms with van der Waals surface area (Å²) in [6.07, 6.45) is 4.78. The van der Waals surface area contributed by atoms with Crippen LogP contribution >= 0.6 is 11.9 Å². The molecule has 1 fully saturated rings. The molecule has 0 saturated carbocycles. The van der Waals surface area contributed by atoms with Crippen molar-refractivity contribution in [1.29, 1.82) is 0 Å². The van der Waals surface area contributed by atoms with Crippen LogP contribution in [0.4, 0.5) is 0 Å². The van der Waals surface area contributed by atoms with Crippen LogP contribution in [-0.2, 0) is 0 Å². The van der Waals surface area contributed by atoms with E-state index < -0.39 is 0 Å². The minimum absolute atomic E-state index is 0.0843. The summed E-state index contributed by atoms with van der Waals surface area (Å²) in [4.78, 5) is 15.4. The molecule has 1 aliphatic heterocycles. The third kappa shape index (κ3) is 5.53. The third-order valence-corrected chi connectivity index (χ3v) is 5.44. The van der Waals surface area contributed by atoms with Crippen LogP contribution < -0.4 is 14.8 Å². The number of amides is 1. The molecule has 0 radical (unpaired) electrons. The third-order valence-electron chi connectivity index (χ3n) is 5.44. The SMILES string of the molecule is CCCCN1CCCC1CNC(=O)c1ccc2c(OC)cccc2c1OC.OCl. The van der Waals surface area contributed by atoms with Crippen molar-refractivity contribution in [1.82, 2.24) is 10.2 Å². The molecule has 1 unspecified atom stereocenters. The van der Waals surface area contributed by atoms with E-state index in [0.717, 1.165) is 36.0 Å². The van der Waals surface area contributed by atoms with Gasteiger partial charge in [-0.25, -0.2) is 0 Å². The first kappa shape index (κ1) is 23.3. The summed E-state index contributed by atoms with van der Waals surface area (Å²) in [7, 11) is 3.25. The number of nitrogens with one attached hydrogen (secondary N) is 1. The molecule has 0 spiro atoms. The van der Waals surface area contributed by atoms with Crippen LogP contribution in [0.2, 0.25) is 0 Å². The van der Waals surface area contributed by atoms with Gasteiger partial charge in [0, 0.05) is 23.4 Å². The smallest absolute Gasteiger partial charge is 0.255 e. The van der Waals surface area contributed by atoms with Crippen molar-refractivity contribution in [2.75, 3.05) is 33.9 Å². The number of hydrogen-bond acceptors (Lipinski definition) is 5. The van der Waals surface area contributed by atoms with E-state index in [9.17, 15) is 4.79 Å². The van der Waals surface area contributed by atoms with E-state index in [1.54, 1.807) is 14.2 Å². The predicted molar refractivity (Wildman–Crippen MR) is 117 cm³/mol. The zero-order chi connectivity index (χ0) is 21.2. The van der Waals surface area contributed by atoms with E-state index >= 15 is 0 Å². The van der Waals surface area contributed by atoms with Gasteiger partial charge in [0.25, 0.3) is 5.91 Å². The number of unbranched alkanes of at least 4 members (excludes halogenated alkanes) is 1. The number of ether oxygens (including phenoxy) is 2. The number of halogens is 1. The number of hydrogen-bond donors (Lipinski definition) is 2. The summed E-state index contributed by atoms with van der Waals surface area (Å²) in [6, 6.07) is 9.96. The van der Waals surface area contributed by atoms with Gasteiger partial charge in [-0.2, -0.15) is 0 Å². The normalized spacial score (nSPS) is 16.2. The molecule has 29 heavy (non-hydrogen) atoms. The van der Waals surface area contributed by atoms with Crippen molar-refractivity contribution >= 4 is 28.5 Å². The summed E-state index contributed by atoms with van der Waals surface area (Å²) in [5, 5.41) is 4.95. The van der Waals surface area contributed by atoms with Crippen LogP contribution in [0, 0.1) is 0 Å². The molecule has 160 valence electrons. The number of rotatable bonds is 8. The lowest BCUT2D eigenvalue weighted by molar-refractivity contribution is 0.0937. The zero-order valence-corrected chi connectivity index (χ0v) is 18.2. The molecule has 6 nitrogen and oxygen atoms in total. The first-order valence-corrected chi connectivity index (χ1v) is 10.4. The second-order valence-electron chi connectivity index (χ2n) is 7.10. The van der Waals surface area contributed by atoms with Gasteiger partial charge in [0.15, 0.2) is 0 Å². The van der Waals surface area contributed by atoms with Gasteiger partial charge in [-0.3, -0.25) is 14.4 Å². The quantitative estimate of drug-likeness (QED) is 0.673. The molecule has 1 amide bonds. The van der Waals surface area contributed by atoms with Crippen molar-refractivity contribution in [3.8, 4) is 11.5 Å². The molecule has 3 rings (SSSR count). The van der Waals surface area contributed by atoms with Crippen molar-refractivity contribution in [3.63, 3.8) is 0 Å². The lowest BCUT2D eigenvalue weighted by Gasteiger charge is -2.24. The van der Waals surface area contributed by atoms with Crippen molar-refractivity contribution in [2.24, 2.45) is 0 Å². The van der Waals surface area contributed by atoms with E-state index in [0.29, 0.717) is 23.9 Å². The summed E-state index contributed by atoms with van der Waals surface area (Å²) < 4.78 is 17.5. The molecule has 2 aromatic rings. The fraction of sp³-hybridized carbons (Fsp3) is 0.500. The number of carbonyl (C=O) groups is 1. The second-order valence-corrected chi connectivity index (χ2v) is 7.10. The number of carbonyl (C=O) groups excluding carboxylic acids is 1. The number of nitrogens with zero attached hydrogens (tertiary/aromatic N) is 1. The Bertz CT molecular complexity index is 800. The number of benzene rings is 2. The average Bonchev–Trinajstić information content (AvgIpc) is 3.23. The second kappa shape index (κ2) is 11.9. The highest BCUT2D eigenvalue weighted by atomic mass is 35.5. The lowest BCUT2D eigenvalue weighted by Crippen LogP contribution is -2.40. The van der Waals surface area contributed by atoms with Crippen LogP contribution in [0.25, 0.3) is 10.8 Å². The Kier molecular flexibility index (Phi) is 9.51. The average molecular weight is 423 g/mol. The Balaban J connectivity index is 0.00000145. The van der Waals surface area contributed by atoms with E-state index in [2.05, 4.69) is 29.0 Å². The molecule has 1 aliphatic rings. The van der Waals surface area contributed by atoms with Crippen LogP contribution in [0.5, 0.6) is 11.5 Å². The number of likely N-dealkylation sites (tertiary alicyclic amines) is 1.